The molecule has 1 atom stereocenters. The number of rotatable bonds is 10. The summed E-state index contributed by atoms with van der Waals surface area (Å²) in [6, 6.07) is 18.0. The number of methoxy groups -OCH3 is 3. The molecule has 1 amide bonds. The molecule has 3 aromatic rings. The number of anilines is 1. The Kier molecular flexibility index (Phi) is 8.24. The van der Waals surface area contributed by atoms with Crippen LogP contribution in [0.2, 0.25) is 0 Å². The zero-order valence-corrected chi connectivity index (χ0v) is 21.3. The van der Waals surface area contributed by atoms with Crippen LogP contribution in [0.15, 0.2) is 71.6 Å². The maximum absolute atomic E-state index is 13.5. The summed E-state index contributed by atoms with van der Waals surface area (Å²) < 4.78 is 43.9. The molecule has 0 saturated heterocycles. The third-order valence-electron chi connectivity index (χ3n) is 5.54. The lowest BCUT2D eigenvalue weighted by Crippen LogP contribution is -2.41. The normalized spacial score (nSPS) is 11.9. The number of ether oxygens (including phenoxy) is 3. The maximum atomic E-state index is 13.5. The molecule has 0 aliphatic heterocycles. The van der Waals surface area contributed by atoms with Gasteiger partial charge in [-0.25, -0.2) is 8.42 Å². The molecule has 3 rings (SSSR count). The van der Waals surface area contributed by atoms with Crippen LogP contribution in [0.4, 0.5) is 5.69 Å². The number of carbonyl (C=O) groups excluding carboxylic acids is 1. The molecule has 0 aliphatic rings. The molecule has 0 heterocycles. The Morgan fingerprint density at radius 3 is 2.09 bits per heavy atom. The Labute approximate surface area is 206 Å². The Morgan fingerprint density at radius 1 is 0.886 bits per heavy atom. The third-order valence-corrected chi connectivity index (χ3v) is 7.33. The van der Waals surface area contributed by atoms with Crippen molar-refractivity contribution in [3.8, 4) is 17.2 Å². The molecule has 0 aliphatic carbocycles. The van der Waals surface area contributed by atoms with E-state index in [2.05, 4.69) is 5.32 Å². The quantitative estimate of drug-likeness (QED) is 0.452. The predicted octanol–water partition coefficient (Wildman–Crippen LogP) is 4.09. The van der Waals surface area contributed by atoms with Crippen LogP contribution in [-0.2, 0) is 14.8 Å². The first-order valence-electron chi connectivity index (χ1n) is 10.9. The Morgan fingerprint density at radius 2 is 1.51 bits per heavy atom. The van der Waals surface area contributed by atoms with Crippen molar-refractivity contribution in [2.45, 2.75) is 24.8 Å². The van der Waals surface area contributed by atoms with Crippen molar-refractivity contribution >= 4 is 21.6 Å². The molecule has 0 bridgehead atoms. The summed E-state index contributed by atoms with van der Waals surface area (Å²) in [6.45, 7) is 3.28. The Balaban J connectivity index is 1.88. The number of nitrogens with one attached hydrogen (secondary N) is 1. The van der Waals surface area contributed by atoms with Crippen molar-refractivity contribution in [2.75, 3.05) is 32.2 Å². The van der Waals surface area contributed by atoms with E-state index in [0.717, 1.165) is 15.4 Å². The first kappa shape index (κ1) is 25.9. The van der Waals surface area contributed by atoms with Crippen LogP contribution < -0.4 is 23.8 Å². The minimum absolute atomic E-state index is 0.0969. The van der Waals surface area contributed by atoms with E-state index in [1.807, 2.05) is 19.9 Å². The second kappa shape index (κ2) is 11.1. The molecule has 0 saturated carbocycles. The molecule has 0 aromatic heterocycles. The molecule has 186 valence electrons. The van der Waals surface area contributed by atoms with E-state index < -0.39 is 28.5 Å². The Bertz CT molecular complexity index is 1260. The van der Waals surface area contributed by atoms with Gasteiger partial charge in [0.2, 0.25) is 5.91 Å². The van der Waals surface area contributed by atoms with Gasteiger partial charge in [-0.3, -0.25) is 9.10 Å². The predicted molar refractivity (Wildman–Crippen MR) is 135 cm³/mol. The van der Waals surface area contributed by atoms with Gasteiger partial charge < -0.3 is 19.5 Å². The van der Waals surface area contributed by atoms with E-state index in [-0.39, 0.29) is 4.90 Å². The van der Waals surface area contributed by atoms with Crippen molar-refractivity contribution < 1.29 is 27.4 Å². The summed E-state index contributed by atoms with van der Waals surface area (Å²) in [5.74, 6) is 1.23. The first-order chi connectivity index (χ1) is 16.7. The van der Waals surface area contributed by atoms with E-state index in [0.29, 0.717) is 22.9 Å². The monoisotopic (exact) mass is 498 g/mol. The minimum Gasteiger partial charge on any atom is -0.497 e. The van der Waals surface area contributed by atoms with Crippen molar-refractivity contribution in [2.24, 2.45) is 0 Å². The van der Waals surface area contributed by atoms with Crippen LogP contribution in [0.3, 0.4) is 0 Å². The van der Waals surface area contributed by atoms with Gasteiger partial charge in [0.15, 0.2) is 11.5 Å². The third kappa shape index (κ3) is 6.05. The van der Waals surface area contributed by atoms with Gasteiger partial charge in [0.25, 0.3) is 10.0 Å². The van der Waals surface area contributed by atoms with Crippen LogP contribution >= 0.6 is 0 Å². The maximum Gasteiger partial charge on any atom is 0.264 e. The molecule has 0 radical (unpaired) electrons. The Hall–Kier alpha value is -3.72. The van der Waals surface area contributed by atoms with E-state index in [1.54, 1.807) is 55.6 Å². The summed E-state index contributed by atoms with van der Waals surface area (Å²) in [7, 11) is 0.598. The van der Waals surface area contributed by atoms with E-state index >= 15 is 0 Å². The smallest absolute Gasteiger partial charge is 0.264 e. The number of carbonyl (C=O) groups is 1. The van der Waals surface area contributed by atoms with Crippen LogP contribution in [0.1, 0.15) is 24.1 Å². The number of benzene rings is 3. The number of sulfonamides is 1. The largest absolute Gasteiger partial charge is 0.497 e. The average Bonchev–Trinajstić information content (AvgIpc) is 2.87. The standard InChI is InChI=1S/C26H30N2O6S/c1-18-6-13-23(14-7-18)35(30,31)28(21-9-11-22(32-3)12-10-21)17-26(29)27-19(2)20-8-15-24(33-4)25(16-20)34-5/h6-16,19H,17H2,1-5H3,(H,27,29)/t19-/m1/s1. The summed E-state index contributed by atoms with van der Waals surface area (Å²) in [5.41, 5.74) is 2.06. The van der Waals surface area contributed by atoms with Crippen LogP contribution in [-0.4, -0.2) is 42.2 Å². The highest BCUT2D eigenvalue weighted by molar-refractivity contribution is 7.92. The highest BCUT2D eigenvalue weighted by atomic mass is 32.2. The van der Waals surface area contributed by atoms with Crippen LogP contribution in [0, 0.1) is 6.92 Å². The van der Waals surface area contributed by atoms with Crippen LogP contribution in [0.25, 0.3) is 0 Å². The molecular weight excluding hydrogens is 468 g/mol. The lowest BCUT2D eigenvalue weighted by atomic mass is 10.1. The van der Waals surface area contributed by atoms with Gasteiger partial charge in [-0.1, -0.05) is 23.8 Å². The molecule has 8 nitrogen and oxygen atoms in total. The van der Waals surface area contributed by atoms with Gasteiger partial charge in [-0.2, -0.15) is 0 Å². The summed E-state index contributed by atoms with van der Waals surface area (Å²) in [5, 5.41) is 2.87. The number of nitrogens with zero attached hydrogens (tertiary/aromatic N) is 1. The highest BCUT2D eigenvalue weighted by Crippen LogP contribution is 2.30. The molecule has 3 aromatic carbocycles. The van der Waals surface area contributed by atoms with Gasteiger partial charge >= 0.3 is 0 Å². The molecule has 0 fully saturated rings. The average molecular weight is 499 g/mol. The molecule has 0 unspecified atom stereocenters. The molecule has 1 N–H and O–H groups in total. The zero-order chi connectivity index (χ0) is 25.6. The topological polar surface area (TPSA) is 94.2 Å². The minimum atomic E-state index is -4.01. The van der Waals surface area contributed by atoms with E-state index in [4.69, 9.17) is 14.2 Å². The molecular formula is C26H30N2O6S. The second-order valence-corrected chi connectivity index (χ2v) is 9.79. The van der Waals surface area contributed by atoms with Gasteiger partial charge in [-0.15, -0.1) is 0 Å². The van der Waals surface area contributed by atoms with Crippen molar-refractivity contribution in [1.29, 1.82) is 0 Å². The fourth-order valence-corrected chi connectivity index (χ4v) is 4.95. The van der Waals surface area contributed by atoms with Crippen molar-refractivity contribution in [1.82, 2.24) is 5.32 Å². The van der Waals surface area contributed by atoms with Crippen LogP contribution in [0.5, 0.6) is 17.2 Å². The number of hydrogen-bond acceptors (Lipinski definition) is 6. The highest BCUT2D eigenvalue weighted by Gasteiger charge is 2.28. The van der Waals surface area contributed by atoms with E-state index in [9.17, 15) is 13.2 Å². The number of aryl methyl sites for hydroxylation is 1. The molecule has 0 spiro atoms. The van der Waals surface area contributed by atoms with Gasteiger partial charge in [0.1, 0.15) is 12.3 Å². The fraction of sp³-hybridized carbons (Fsp3) is 0.269. The van der Waals surface area contributed by atoms with Gasteiger partial charge in [0, 0.05) is 0 Å². The first-order valence-corrected chi connectivity index (χ1v) is 12.4. The number of hydrogen-bond donors (Lipinski definition) is 1. The lowest BCUT2D eigenvalue weighted by Gasteiger charge is -2.25. The van der Waals surface area contributed by atoms with Gasteiger partial charge in [-0.05, 0) is 67.9 Å². The molecule has 9 heteroatoms. The fourth-order valence-electron chi connectivity index (χ4n) is 3.52. The summed E-state index contributed by atoms with van der Waals surface area (Å²) in [4.78, 5) is 13.1. The summed E-state index contributed by atoms with van der Waals surface area (Å²) in [6.07, 6.45) is 0. The van der Waals surface area contributed by atoms with Gasteiger partial charge in [0.05, 0.1) is 38.0 Å². The molecule has 35 heavy (non-hydrogen) atoms. The zero-order valence-electron chi connectivity index (χ0n) is 20.4. The second-order valence-electron chi connectivity index (χ2n) is 7.93. The SMILES string of the molecule is COc1ccc(N(CC(=O)N[C@H](C)c2ccc(OC)c(OC)c2)S(=O)(=O)c2ccc(C)cc2)cc1. The summed E-state index contributed by atoms with van der Waals surface area (Å²) >= 11 is 0. The van der Waals surface area contributed by atoms with Crippen molar-refractivity contribution in [3.05, 3.63) is 77.9 Å². The van der Waals surface area contributed by atoms with E-state index in [1.165, 1.54) is 26.4 Å². The number of amides is 1. The van der Waals surface area contributed by atoms with Crippen molar-refractivity contribution in [3.63, 3.8) is 0 Å². The lowest BCUT2D eigenvalue weighted by molar-refractivity contribution is -0.120.